The van der Waals surface area contributed by atoms with E-state index in [0.29, 0.717) is 11.4 Å². The fraction of sp³-hybridized carbons (Fsp3) is 0. The van der Waals surface area contributed by atoms with E-state index in [9.17, 15) is 10.2 Å². The monoisotopic (exact) mass is 246 g/mol. The van der Waals surface area contributed by atoms with Crippen LogP contribution in [0.15, 0.2) is 24.3 Å². The third-order valence-electron chi connectivity index (χ3n) is 2.70. The Morgan fingerprint density at radius 1 is 0.765 bits per heavy atom. The van der Waals surface area contributed by atoms with Crippen LogP contribution in [0.1, 0.15) is 0 Å². The van der Waals surface area contributed by atoms with Crippen molar-refractivity contribution in [2.75, 3.05) is 11.5 Å². The van der Waals surface area contributed by atoms with Crippen molar-refractivity contribution in [3.63, 3.8) is 0 Å². The van der Waals surface area contributed by atoms with E-state index in [1.54, 1.807) is 12.1 Å². The molecule has 0 bridgehead atoms. The predicted molar refractivity (Wildman–Crippen MR) is 71.5 cm³/mol. The predicted octanol–water partition coefficient (Wildman–Crippen LogP) is 2.63. The molecule has 17 heavy (non-hydrogen) atoms. The van der Waals surface area contributed by atoms with Crippen molar-refractivity contribution in [3.05, 3.63) is 24.3 Å². The molecule has 0 amide bonds. The number of rotatable bonds is 0. The zero-order valence-electron chi connectivity index (χ0n) is 8.77. The SMILES string of the molecule is Nc1cc(O)cc2c1sc1c(N)cc(O)cc12. The number of thiophene rings is 1. The van der Waals surface area contributed by atoms with Gasteiger partial charge in [0.1, 0.15) is 11.5 Å². The minimum absolute atomic E-state index is 0.108. The summed E-state index contributed by atoms with van der Waals surface area (Å²) in [5.41, 5.74) is 12.7. The van der Waals surface area contributed by atoms with E-state index >= 15 is 0 Å². The quantitative estimate of drug-likeness (QED) is 0.459. The van der Waals surface area contributed by atoms with E-state index in [1.807, 2.05) is 0 Å². The van der Waals surface area contributed by atoms with Crippen LogP contribution in [0.5, 0.6) is 11.5 Å². The minimum Gasteiger partial charge on any atom is -0.508 e. The number of anilines is 2. The summed E-state index contributed by atoms with van der Waals surface area (Å²) in [6.07, 6.45) is 0. The van der Waals surface area contributed by atoms with Crippen LogP contribution in [-0.2, 0) is 0 Å². The molecular formula is C12H10N2O2S. The zero-order chi connectivity index (χ0) is 12.2. The Balaban J connectivity index is 2.60. The highest BCUT2D eigenvalue weighted by Gasteiger charge is 2.12. The molecule has 4 nitrogen and oxygen atoms in total. The van der Waals surface area contributed by atoms with Crippen molar-refractivity contribution >= 4 is 42.9 Å². The number of aromatic hydroxyl groups is 2. The Kier molecular flexibility index (Phi) is 1.88. The molecule has 1 aromatic heterocycles. The maximum absolute atomic E-state index is 9.56. The molecule has 5 heteroatoms. The smallest absolute Gasteiger partial charge is 0.118 e. The highest BCUT2D eigenvalue weighted by atomic mass is 32.1. The van der Waals surface area contributed by atoms with Crippen molar-refractivity contribution in [1.82, 2.24) is 0 Å². The summed E-state index contributed by atoms with van der Waals surface area (Å²) < 4.78 is 1.74. The van der Waals surface area contributed by atoms with Crippen LogP contribution in [0.3, 0.4) is 0 Å². The standard InChI is InChI=1S/C12H10N2O2S/c13-9-3-5(15)1-7-8-2-6(16)4-10(14)12(8)17-11(7)9/h1-4,15-16H,13-14H2. The topological polar surface area (TPSA) is 92.5 Å². The second-order valence-electron chi connectivity index (χ2n) is 3.93. The van der Waals surface area contributed by atoms with Gasteiger partial charge in [-0.3, -0.25) is 0 Å². The molecule has 3 aromatic rings. The number of nitrogen functional groups attached to an aromatic ring is 2. The van der Waals surface area contributed by atoms with Gasteiger partial charge in [0.15, 0.2) is 0 Å². The Morgan fingerprint density at radius 2 is 1.18 bits per heavy atom. The van der Waals surface area contributed by atoms with Crippen molar-refractivity contribution in [2.45, 2.75) is 0 Å². The molecular weight excluding hydrogens is 236 g/mol. The Morgan fingerprint density at radius 3 is 1.59 bits per heavy atom. The molecule has 1 heterocycles. The van der Waals surface area contributed by atoms with Crippen molar-refractivity contribution in [2.24, 2.45) is 0 Å². The highest BCUT2D eigenvalue weighted by Crippen LogP contribution is 2.43. The van der Waals surface area contributed by atoms with Gasteiger partial charge >= 0.3 is 0 Å². The van der Waals surface area contributed by atoms with Crippen molar-refractivity contribution in [3.8, 4) is 11.5 Å². The maximum Gasteiger partial charge on any atom is 0.118 e. The van der Waals surface area contributed by atoms with Gasteiger partial charge in [0.05, 0.1) is 20.8 Å². The third-order valence-corrected chi connectivity index (χ3v) is 4.02. The van der Waals surface area contributed by atoms with Gasteiger partial charge in [-0.1, -0.05) is 0 Å². The maximum atomic E-state index is 9.56. The molecule has 0 unspecified atom stereocenters. The molecule has 0 aliphatic rings. The number of benzene rings is 2. The van der Waals surface area contributed by atoms with E-state index in [0.717, 1.165) is 20.2 Å². The summed E-state index contributed by atoms with van der Waals surface area (Å²) in [4.78, 5) is 0. The van der Waals surface area contributed by atoms with Gasteiger partial charge in [-0.15, -0.1) is 11.3 Å². The Bertz CT molecular complexity index is 687. The summed E-state index contributed by atoms with van der Waals surface area (Å²) in [7, 11) is 0. The van der Waals surface area contributed by atoms with E-state index < -0.39 is 0 Å². The first-order chi connectivity index (χ1) is 8.06. The molecule has 3 rings (SSSR count). The van der Waals surface area contributed by atoms with Crippen LogP contribution in [-0.4, -0.2) is 10.2 Å². The molecule has 0 aliphatic heterocycles. The molecule has 86 valence electrons. The van der Waals surface area contributed by atoms with E-state index in [-0.39, 0.29) is 11.5 Å². The average molecular weight is 246 g/mol. The van der Waals surface area contributed by atoms with Gasteiger partial charge in [0, 0.05) is 22.9 Å². The van der Waals surface area contributed by atoms with E-state index in [1.165, 1.54) is 23.5 Å². The largest absolute Gasteiger partial charge is 0.508 e. The van der Waals surface area contributed by atoms with Crippen LogP contribution in [0.2, 0.25) is 0 Å². The van der Waals surface area contributed by atoms with Crippen LogP contribution in [0, 0.1) is 0 Å². The molecule has 2 aromatic carbocycles. The van der Waals surface area contributed by atoms with Crippen LogP contribution in [0.25, 0.3) is 20.2 Å². The van der Waals surface area contributed by atoms with Gasteiger partial charge in [-0.25, -0.2) is 0 Å². The van der Waals surface area contributed by atoms with Crippen molar-refractivity contribution < 1.29 is 10.2 Å². The summed E-state index contributed by atoms with van der Waals surface area (Å²) >= 11 is 1.46. The normalized spacial score (nSPS) is 11.3. The minimum atomic E-state index is 0.108. The Hall–Kier alpha value is -2.14. The number of nitrogens with two attached hydrogens (primary N) is 2. The lowest BCUT2D eigenvalue weighted by Gasteiger charge is -1.99. The summed E-state index contributed by atoms with van der Waals surface area (Å²) in [6.45, 7) is 0. The number of phenolic OH excluding ortho intramolecular Hbond substituents is 2. The van der Waals surface area contributed by atoms with Crippen LogP contribution in [0.4, 0.5) is 11.4 Å². The number of hydrogen-bond donors (Lipinski definition) is 4. The van der Waals surface area contributed by atoms with E-state index in [2.05, 4.69) is 0 Å². The molecule has 0 saturated carbocycles. The molecule has 0 radical (unpaired) electrons. The van der Waals surface area contributed by atoms with Gasteiger partial charge in [-0.05, 0) is 12.1 Å². The number of fused-ring (bicyclic) bond motifs is 3. The van der Waals surface area contributed by atoms with E-state index in [4.69, 9.17) is 11.5 Å². The lowest BCUT2D eigenvalue weighted by Crippen LogP contribution is -1.84. The molecule has 0 fully saturated rings. The number of phenols is 2. The second kappa shape index (κ2) is 3.18. The average Bonchev–Trinajstić information content (AvgIpc) is 2.58. The lowest BCUT2D eigenvalue weighted by atomic mass is 10.1. The molecule has 6 N–H and O–H groups in total. The molecule has 0 saturated heterocycles. The Labute approximate surface area is 101 Å². The van der Waals surface area contributed by atoms with Gasteiger partial charge in [0.2, 0.25) is 0 Å². The first kappa shape index (κ1) is 10.0. The lowest BCUT2D eigenvalue weighted by molar-refractivity contribution is 0.475. The van der Waals surface area contributed by atoms with Crippen LogP contribution >= 0.6 is 11.3 Å². The molecule has 0 spiro atoms. The second-order valence-corrected chi connectivity index (χ2v) is 4.95. The summed E-state index contributed by atoms with van der Waals surface area (Å²) in [6, 6.07) is 6.27. The fourth-order valence-corrected chi connectivity index (χ4v) is 3.12. The van der Waals surface area contributed by atoms with Gasteiger partial charge in [-0.2, -0.15) is 0 Å². The van der Waals surface area contributed by atoms with Crippen molar-refractivity contribution in [1.29, 1.82) is 0 Å². The first-order valence-corrected chi connectivity index (χ1v) is 5.81. The molecule has 0 atom stereocenters. The zero-order valence-corrected chi connectivity index (χ0v) is 9.58. The van der Waals surface area contributed by atoms with Gasteiger partial charge < -0.3 is 21.7 Å². The first-order valence-electron chi connectivity index (χ1n) is 4.99. The summed E-state index contributed by atoms with van der Waals surface area (Å²) in [5, 5.41) is 20.7. The fourth-order valence-electron chi connectivity index (χ4n) is 2.00. The summed E-state index contributed by atoms with van der Waals surface area (Å²) in [5.74, 6) is 0.216. The van der Waals surface area contributed by atoms with Gasteiger partial charge in [0.25, 0.3) is 0 Å². The number of hydrogen-bond acceptors (Lipinski definition) is 5. The highest BCUT2D eigenvalue weighted by molar-refractivity contribution is 7.27. The molecule has 0 aliphatic carbocycles. The van der Waals surface area contributed by atoms with Crippen LogP contribution < -0.4 is 11.5 Å². The third kappa shape index (κ3) is 1.36.